The van der Waals surface area contributed by atoms with E-state index in [4.69, 9.17) is 25.8 Å². The van der Waals surface area contributed by atoms with Crippen molar-refractivity contribution in [2.45, 2.75) is 12.5 Å². The lowest BCUT2D eigenvalue weighted by Crippen LogP contribution is -2.05. The van der Waals surface area contributed by atoms with E-state index >= 15 is 0 Å². The fraction of sp³-hybridized carbons (Fsp3) is 0.400. The lowest BCUT2D eigenvalue weighted by Gasteiger charge is -2.12. The van der Waals surface area contributed by atoms with Gasteiger partial charge >= 0.3 is 0 Å². The summed E-state index contributed by atoms with van der Waals surface area (Å²) < 4.78 is 15.4. The van der Waals surface area contributed by atoms with Crippen LogP contribution < -0.4 is 9.47 Å². The predicted octanol–water partition coefficient (Wildman–Crippen LogP) is 2.63. The van der Waals surface area contributed by atoms with E-state index in [1.165, 1.54) is 0 Å². The molecule has 0 aliphatic carbocycles. The number of benzene rings is 1. The van der Waals surface area contributed by atoms with Gasteiger partial charge in [-0.2, -0.15) is 0 Å². The maximum atomic E-state index is 5.71. The normalized spacial score (nSPS) is 12.2. The summed E-state index contributed by atoms with van der Waals surface area (Å²) in [4.78, 5) is 0. The summed E-state index contributed by atoms with van der Waals surface area (Å²) in [7, 11) is 1.56. The molecule has 0 amide bonds. The number of hydrogen-bond donors (Lipinski definition) is 0. The van der Waals surface area contributed by atoms with Crippen LogP contribution in [0.3, 0.4) is 0 Å². The van der Waals surface area contributed by atoms with Gasteiger partial charge in [0.05, 0.1) is 0 Å². The van der Waals surface area contributed by atoms with Crippen molar-refractivity contribution in [2.24, 2.45) is 0 Å². The van der Waals surface area contributed by atoms with E-state index in [1.807, 2.05) is 12.1 Å². The van der Waals surface area contributed by atoms with Gasteiger partial charge < -0.3 is 14.2 Å². The molecule has 1 unspecified atom stereocenters. The van der Waals surface area contributed by atoms with Crippen molar-refractivity contribution in [3.63, 3.8) is 0 Å². The summed E-state index contributed by atoms with van der Waals surface area (Å²) in [5, 5.41) is 0. The van der Waals surface area contributed by atoms with Crippen LogP contribution in [0.1, 0.15) is 6.92 Å². The third-order valence-corrected chi connectivity index (χ3v) is 1.56. The molecular formula is C10H13ClO3. The molecule has 0 fully saturated rings. The number of para-hydroxylation sites is 2. The Labute approximate surface area is 88.5 Å². The molecule has 1 rings (SSSR count). The minimum atomic E-state index is -0.387. The van der Waals surface area contributed by atoms with E-state index in [-0.39, 0.29) is 12.4 Å². The first-order valence-corrected chi connectivity index (χ1v) is 4.69. The Balaban J connectivity index is 2.69. The molecule has 0 spiro atoms. The number of methoxy groups -OCH3 is 1. The van der Waals surface area contributed by atoms with Gasteiger partial charge in [-0.1, -0.05) is 23.7 Å². The zero-order chi connectivity index (χ0) is 10.4. The van der Waals surface area contributed by atoms with E-state index in [2.05, 4.69) is 0 Å². The molecule has 1 atom stereocenters. The highest BCUT2D eigenvalue weighted by Crippen LogP contribution is 2.27. The van der Waals surface area contributed by atoms with Crippen molar-refractivity contribution in [1.82, 2.24) is 0 Å². The number of hydrogen-bond acceptors (Lipinski definition) is 3. The van der Waals surface area contributed by atoms with Crippen LogP contribution in [0.4, 0.5) is 0 Å². The molecule has 0 heterocycles. The summed E-state index contributed by atoms with van der Waals surface area (Å²) in [6, 6.07) is 7.31. The van der Waals surface area contributed by atoms with Crippen molar-refractivity contribution in [1.29, 1.82) is 0 Å². The van der Waals surface area contributed by atoms with Crippen LogP contribution in [-0.2, 0) is 4.74 Å². The van der Waals surface area contributed by atoms with E-state index < -0.39 is 0 Å². The summed E-state index contributed by atoms with van der Waals surface area (Å²) in [5.41, 5.74) is -0.387. The lowest BCUT2D eigenvalue weighted by atomic mass is 10.3. The number of rotatable bonds is 5. The van der Waals surface area contributed by atoms with Crippen molar-refractivity contribution in [3.8, 4) is 11.5 Å². The standard InChI is InChI=1S/C10H13ClO3/c1-8(11)14-10-6-4-3-5-9(10)13-7-12-2/h3-6,8H,7H2,1-2H3. The molecule has 0 aliphatic rings. The number of alkyl halides is 1. The monoisotopic (exact) mass is 216 g/mol. The molecule has 0 N–H and O–H groups in total. The van der Waals surface area contributed by atoms with Gasteiger partial charge in [0.2, 0.25) is 0 Å². The largest absolute Gasteiger partial charge is 0.471 e. The van der Waals surface area contributed by atoms with Crippen LogP contribution in [0.15, 0.2) is 24.3 Å². The molecule has 78 valence electrons. The van der Waals surface area contributed by atoms with Gasteiger partial charge in [0.25, 0.3) is 0 Å². The van der Waals surface area contributed by atoms with Crippen molar-refractivity contribution in [3.05, 3.63) is 24.3 Å². The van der Waals surface area contributed by atoms with Crippen LogP contribution in [0.5, 0.6) is 11.5 Å². The van der Waals surface area contributed by atoms with Crippen LogP contribution in [0.2, 0.25) is 0 Å². The highest BCUT2D eigenvalue weighted by Gasteiger charge is 2.05. The minimum Gasteiger partial charge on any atom is -0.471 e. The molecule has 0 saturated heterocycles. The molecule has 3 nitrogen and oxygen atoms in total. The Morgan fingerprint density at radius 2 is 1.93 bits per heavy atom. The second-order valence-corrected chi connectivity index (χ2v) is 3.27. The number of ether oxygens (including phenoxy) is 3. The van der Waals surface area contributed by atoms with Gasteiger partial charge in [-0.25, -0.2) is 0 Å². The molecular weight excluding hydrogens is 204 g/mol. The van der Waals surface area contributed by atoms with E-state index in [0.29, 0.717) is 11.5 Å². The number of halogens is 1. The second kappa shape index (κ2) is 5.73. The van der Waals surface area contributed by atoms with Crippen molar-refractivity contribution in [2.75, 3.05) is 13.9 Å². The molecule has 0 bridgehead atoms. The van der Waals surface area contributed by atoms with Crippen molar-refractivity contribution >= 4 is 11.6 Å². The molecule has 0 aliphatic heterocycles. The summed E-state index contributed by atoms with van der Waals surface area (Å²) in [6.07, 6.45) is 0. The third-order valence-electron chi connectivity index (χ3n) is 1.47. The van der Waals surface area contributed by atoms with Crippen LogP contribution in [0, 0.1) is 0 Å². The Bertz CT molecular complexity index is 276. The summed E-state index contributed by atoms with van der Waals surface area (Å²) in [5.74, 6) is 1.24. The lowest BCUT2D eigenvalue weighted by molar-refractivity contribution is 0.0484. The fourth-order valence-corrected chi connectivity index (χ4v) is 1.06. The highest BCUT2D eigenvalue weighted by atomic mass is 35.5. The maximum Gasteiger partial charge on any atom is 0.188 e. The quantitative estimate of drug-likeness (QED) is 0.560. The smallest absolute Gasteiger partial charge is 0.188 e. The average molecular weight is 217 g/mol. The minimum absolute atomic E-state index is 0.192. The van der Waals surface area contributed by atoms with E-state index in [0.717, 1.165) is 0 Å². The summed E-state index contributed by atoms with van der Waals surface area (Å²) in [6.45, 7) is 1.94. The Hall–Kier alpha value is -0.930. The van der Waals surface area contributed by atoms with Gasteiger partial charge in [0.15, 0.2) is 23.9 Å². The summed E-state index contributed by atoms with van der Waals surface area (Å²) >= 11 is 5.71. The molecule has 0 saturated carbocycles. The Kier molecular flexibility index (Phi) is 4.56. The fourth-order valence-electron chi connectivity index (χ4n) is 0.964. The first kappa shape index (κ1) is 11.1. The van der Waals surface area contributed by atoms with Crippen LogP contribution in [-0.4, -0.2) is 19.5 Å². The van der Waals surface area contributed by atoms with Gasteiger partial charge in [0.1, 0.15) is 0 Å². The van der Waals surface area contributed by atoms with Crippen molar-refractivity contribution < 1.29 is 14.2 Å². The molecule has 14 heavy (non-hydrogen) atoms. The topological polar surface area (TPSA) is 27.7 Å². The van der Waals surface area contributed by atoms with Gasteiger partial charge in [-0.3, -0.25) is 0 Å². The zero-order valence-electron chi connectivity index (χ0n) is 8.20. The molecule has 0 aromatic heterocycles. The SMILES string of the molecule is COCOc1ccccc1OC(C)Cl. The van der Waals surface area contributed by atoms with Crippen LogP contribution >= 0.6 is 11.6 Å². The van der Waals surface area contributed by atoms with Gasteiger partial charge in [-0.15, -0.1) is 0 Å². The third kappa shape index (κ3) is 3.44. The maximum absolute atomic E-state index is 5.71. The average Bonchev–Trinajstić information content (AvgIpc) is 2.16. The first-order chi connectivity index (χ1) is 6.74. The molecule has 1 aromatic carbocycles. The van der Waals surface area contributed by atoms with Crippen LogP contribution in [0.25, 0.3) is 0 Å². The van der Waals surface area contributed by atoms with Gasteiger partial charge in [0, 0.05) is 7.11 Å². The van der Waals surface area contributed by atoms with E-state index in [9.17, 15) is 0 Å². The Morgan fingerprint density at radius 3 is 2.50 bits per heavy atom. The van der Waals surface area contributed by atoms with Gasteiger partial charge in [-0.05, 0) is 19.1 Å². The second-order valence-electron chi connectivity index (χ2n) is 2.66. The first-order valence-electron chi connectivity index (χ1n) is 4.25. The van der Waals surface area contributed by atoms with E-state index in [1.54, 1.807) is 26.2 Å². The molecule has 0 radical (unpaired) electrons. The predicted molar refractivity (Wildman–Crippen MR) is 54.9 cm³/mol. The molecule has 1 aromatic rings. The highest BCUT2D eigenvalue weighted by molar-refractivity contribution is 6.19. The molecule has 4 heteroatoms. The zero-order valence-corrected chi connectivity index (χ0v) is 8.95. The Morgan fingerprint density at radius 1 is 1.29 bits per heavy atom.